The molecule has 0 saturated carbocycles. The number of hydrogen-bond acceptors (Lipinski definition) is 7. The minimum absolute atomic E-state index is 0.0362. The molecule has 0 radical (unpaired) electrons. The van der Waals surface area contributed by atoms with Crippen LogP contribution in [-0.2, 0) is 23.1 Å². The molecule has 0 atom stereocenters. The topological polar surface area (TPSA) is 126 Å². The third-order valence-corrected chi connectivity index (χ3v) is 3.89. The van der Waals surface area contributed by atoms with Crippen LogP contribution in [0, 0.1) is 0 Å². The van der Waals surface area contributed by atoms with Gasteiger partial charge in [-0.3, -0.25) is 5.10 Å². The van der Waals surface area contributed by atoms with Gasteiger partial charge in [0.1, 0.15) is 0 Å². The summed E-state index contributed by atoms with van der Waals surface area (Å²) in [6.45, 7) is 4.31. The highest BCUT2D eigenvalue weighted by atomic mass is 32.2. The molecule has 0 aliphatic carbocycles. The summed E-state index contributed by atoms with van der Waals surface area (Å²) in [6, 6.07) is 0.243. The van der Waals surface area contributed by atoms with Gasteiger partial charge in [-0.2, -0.15) is 10.1 Å². The van der Waals surface area contributed by atoms with Gasteiger partial charge < -0.3 is 9.84 Å². The summed E-state index contributed by atoms with van der Waals surface area (Å²) in [6.07, 6.45) is 2.62. The largest absolute Gasteiger partial charge is 0.343 e. The number of sulfonamides is 1. The molecule has 3 N–H and O–H groups in total. The Labute approximate surface area is 116 Å². The van der Waals surface area contributed by atoms with Gasteiger partial charge >= 0.3 is 0 Å². The lowest BCUT2D eigenvalue weighted by Crippen LogP contribution is -2.27. The summed E-state index contributed by atoms with van der Waals surface area (Å²) in [5, 5.41) is 13.0. The molecule has 0 saturated heterocycles. The Morgan fingerprint density at radius 3 is 2.85 bits per heavy atom. The second-order valence-corrected chi connectivity index (χ2v) is 6.14. The second-order valence-electron chi connectivity index (χ2n) is 4.43. The van der Waals surface area contributed by atoms with Crippen molar-refractivity contribution in [1.82, 2.24) is 30.4 Å². The van der Waals surface area contributed by atoms with Crippen molar-refractivity contribution in [3.63, 3.8) is 0 Å². The van der Waals surface area contributed by atoms with Crippen LogP contribution in [0.5, 0.6) is 0 Å². The van der Waals surface area contributed by atoms with Crippen LogP contribution < -0.4 is 10.0 Å². The van der Waals surface area contributed by atoms with Crippen molar-refractivity contribution < 1.29 is 12.9 Å². The van der Waals surface area contributed by atoms with Crippen molar-refractivity contribution in [3.8, 4) is 0 Å². The van der Waals surface area contributed by atoms with Crippen LogP contribution in [0.25, 0.3) is 0 Å². The van der Waals surface area contributed by atoms with Crippen LogP contribution in [0.15, 0.2) is 22.1 Å². The summed E-state index contributed by atoms with van der Waals surface area (Å²) in [5.41, 5.74) is 0.569. The lowest BCUT2D eigenvalue weighted by Gasteiger charge is -2.08. The van der Waals surface area contributed by atoms with Crippen molar-refractivity contribution in [3.05, 3.63) is 24.0 Å². The standard InChI is InChI=1S/C10H16N6O3S/c1-7(2)11-3-8-4-13-15-10(8)20(17,18)14-5-9-12-6-19-16-9/h4,6-7,11,14H,3,5H2,1-2H3,(H,13,15). The summed E-state index contributed by atoms with van der Waals surface area (Å²) >= 11 is 0. The average molecular weight is 300 g/mol. The molecule has 10 heteroatoms. The molecule has 0 amide bonds. The summed E-state index contributed by atoms with van der Waals surface area (Å²) in [4.78, 5) is 3.74. The van der Waals surface area contributed by atoms with Gasteiger partial charge in [-0.05, 0) is 0 Å². The molecule has 2 aromatic heterocycles. The van der Waals surface area contributed by atoms with Gasteiger partial charge in [-0.15, -0.1) is 0 Å². The molecule has 0 aliphatic heterocycles. The minimum atomic E-state index is -3.70. The SMILES string of the molecule is CC(C)NCc1cn[nH]c1S(=O)(=O)NCc1ncon1. The quantitative estimate of drug-likeness (QED) is 0.644. The summed E-state index contributed by atoms with van der Waals surface area (Å²) in [7, 11) is -3.70. The predicted octanol–water partition coefficient (Wildman–Crippen LogP) is -0.231. The first-order chi connectivity index (χ1) is 9.49. The van der Waals surface area contributed by atoms with E-state index in [0.29, 0.717) is 12.1 Å². The zero-order valence-corrected chi connectivity index (χ0v) is 11.9. The Hall–Kier alpha value is -1.78. The maximum absolute atomic E-state index is 12.2. The van der Waals surface area contributed by atoms with Crippen LogP contribution in [0.1, 0.15) is 25.2 Å². The molecular weight excluding hydrogens is 284 g/mol. The van der Waals surface area contributed by atoms with E-state index in [0.717, 1.165) is 6.39 Å². The van der Waals surface area contributed by atoms with Crippen molar-refractivity contribution in [1.29, 1.82) is 0 Å². The fraction of sp³-hybridized carbons (Fsp3) is 0.500. The predicted molar refractivity (Wildman–Crippen MR) is 68.9 cm³/mol. The second kappa shape index (κ2) is 6.11. The van der Waals surface area contributed by atoms with E-state index in [4.69, 9.17) is 0 Å². The zero-order chi connectivity index (χ0) is 14.6. The van der Waals surface area contributed by atoms with Crippen molar-refractivity contribution in [2.45, 2.75) is 38.0 Å². The highest BCUT2D eigenvalue weighted by Gasteiger charge is 2.21. The molecule has 0 fully saturated rings. The normalized spacial score (nSPS) is 12.2. The molecule has 9 nitrogen and oxygen atoms in total. The maximum Gasteiger partial charge on any atom is 0.258 e. The third kappa shape index (κ3) is 3.62. The number of aromatic nitrogens is 4. The number of hydrogen-bond donors (Lipinski definition) is 3. The fourth-order valence-corrected chi connectivity index (χ4v) is 2.58. The average Bonchev–Trinajstić information content (AvgIpc) is 3.05. The molecule has 0 aliphatic rings. The first kappa shape index (κ1) is 14.6. The van der Waals surface area contributed by atoms with Gasteiger partial charge in [0.15, 0.2) is 10.9 Å². The zero-order valence-electron chi connectivity index (χ0n) is 11.1. The summed E-state index contributed by atoms with van der Waals surface area (Å²) < 4.78 is 31.2. The molecule has 20 heavy (non-hydrogen) atoms. The van der Waals surface area contributed by atoms with Gasteiger partial charge in [-0.1, -0.05) is 19.0 Å². The molecule has 2 aromatic rings. The molecule has 0 bridgehead atoms. The van der Waals surface area contributed by atoms with E-state index in [2.05, 4.69) is 34.9 Å². The first-order valence-electron chi connectivity index (χ1n) is 5.99. The molecule has 2 heterocycles. The van der Waals surface area contributed by atoms with Gasteiger partial charge in [-0.25, -0.2) is 13.1 Å². The Morgan fingerprint density at radius 1 is 1.40 bits per heavy atom. The smallest absolute Gasteiger partial charge is 0.258 e. The molecule has 0 spiro atoms. The number of H-pyrrole nitrogens is 1. The van der Waals surface area contributed by atoms with E-state index < -0.39 is 10.0 Å². The van der Waals surface area contributed by atoms with Gasteiger partial charge in [0.2, 0.25) is 6.39 Å². The van der Waals surface area contributed by atoms with E-state index >= 15 is 0 Å². The fourth-order valence-electron chi connectivity index (χ4n) is 1.47. The highest BCUT2D eigenvalue weighted by molar-refractivity contribution is 7.89. The highest BCUT2D eigenvalue weighted by Crippen LogP contribution is 2.12. The molecule has 2 rings (SSSR count). The van der Waals surface area contributed by atoms with Crippen molar-refractivity contribution in [2.75, 3.05) is 0 Å². The molecule has 0 aromatic carbocycles. The van der Waals surface area contributed by atoms with E-state index in [1.165, 1.54) is 6.20 Å². The molecule has 0 unspecified atom stereocenters. The lowest BCUT2D eigenvalue weighted by molar-refractivity contribution is 0.409. The lowest BCUT2D eigenvalue weighted by atomic mass is 10.3. The number of aromatic amines is 1. The number of nitrogens with zero attached hydrogens (tertiary/aromatic N) is 3. The van der Waals surface area contributed by atoms with Crippen LogP contribution in [0.2, 0.25) is 0 Å². The van der Waals surface area contributed by atoms with Gasteiger partial charge in [0.25, 0.3) is 10.0 Å². The Balaban J connectivity index is 2.07. The van der Waals surface area contributed by atoms with Gasteiger partial charge in [0, 0.05) is 18.2 Å². The van der Waals surface area contributed by atoms with Crippen LogP contribution in [-0.4, -0.2) is 34.8 Å². The Morgan fingerprint density at radius 2 is 2.20 bits per heavy atom. The first-order valence-corrected chi connectivity index (χ1v) is 7.48. The van der Waals surface area contributed by atoms with E-state index in [9.17, 15) is 8.42 Å². The van der Waals surface area contributed by atoms with E-state index in [1.807, 2.05) is 13.8 Å². The number of rotatable bonds is 7. The van der Waals surface area contributed by atoms with Crippen molar-refractivity contribution in [2.24, 2.45) is 0 Å². The maximum atomic E-state index is 12.2. The third-order valence-electron chi connectivity index (χ3n) is 2.47. The Kier molecular flexibility index (Phi) is 4.47. The van der Waals surface area contributed by atoms with Crippen LogP contribution in [0.4, 0.5) is 0 Å². The van der Waals surface area contributed by atoms with Crippen molar-refractivity contribution >= 4 is 10.0 Å². The molecule has 110 valence electrons. The van der Waals surface area contributed by atoms with Gasteiger partial charge in [0.05, 0.1) is 12.7 Å². The minimum Gasteiger partial charge on any atom is -0.343 e. The summed E-state index contributed by atoms with van der Waals surface area (Å²) in [5.74, 6) is 0.259. The van der Waals surface area contributed by atoms with Crippen LogP contribution >= 0.6 is 0 Å². The monoisotopic (exact) mass is 300 g/mol. The van der Waals surface area contributed by atoms with Crippen LogP contribution in [0.3, 0.4) is 0 Å². The Bertz CT molecular complexity index is 634. The van der Waals surface area contributed by atoms with E-state index in [-0.39, 0.29) is 23.4 Å². The molecular formula is C10H16N6O3S. The number of nitrogens with one attached hydrogen (secondary N) is 3. The van der Waals surface area contributed by atoms with E-state index in [1.54, 1.807) is 0 Å².